The van der Waals surface area contributed by atoms with E-state index < -0.39 is 29.2 Å². The zero-order chi connectivity index (χ0) is 31.7. The Bertz CT molecular complexity index is 1850. The first-order valence-electron chi connectivity index (χ1n) is 13.6. The van der Waals surface area contributed by atoms with Crippen LogP contribution in [0.4, 0.5) is 18.9 Å². The van der Waals surface area contributed by atoms with Gasteiger partial charge in [0, 0.05) is 62.0 Å². The van der Waals surface area contributed by atoms with Gasteiger partial charge in [0.05, 0.1) is 16.7 Å². The van der Waals surface area contributed by atoms with Gasteiger partial charge in [0.1, 0.15) is 17.2 Å². The predicted molar refractivity (Wildman–Crippen MR) is 161 cm³/mol. The second kappa shape index (κ2) is 12.1. The molecule has 1 amide bonds. The maximum atomic E-state index is 14.4. The minimum absolute atomic E-state index is 0.0834. The highest BCUT2D eigenvalue weighted by Crippen LogP contribution is 2.31. The number of imidazole rings is 1. The van der Waals surface area contributed by atoms with Crippen molar-refractivity contribution in [3.8, 4) is 11.4 Å². The third kappa shape index (κ3) is 5.93. The van der Waals surface area contributed by atoms with E-state index in [1.54, 1.807) is 11.0 Å². The van der Waals surface area contributed by atoms with Gasteiger partial charge in [0.2, 0.25) is 6.23 Å². The summed E-state index contributed by atoms with van der Waals surface area (Å²) in [5.74, 6) is -3.49. The predicted octanol–water partition coefficient (Wildman–Crippen LogP) is 5.27. The Morgan fingerprint density at radius 2 is 1.93 bits per heavy atom. The van der Waals surface area contributed by atoms with Crippen molar-refractivity contribution in [2.45, 2.75) is 33.0 Å². The number of aromatic nitrogens is 3. The lowest BCUT2D eigenvalue weighted by atomic mass is 10.1. The Balaban J connectivity index is 1.42. The summed E-state index contributed by atoms with van der Waals surface area (Å²) in [6, 6.07) is 6.31. The van der Waals surface area contributed by atoms with Gasteiger partial charge in [-0.25, -0.2) is 18.2 Å². The van der Waals surface area contributed by atoms with Crippen LogP contribution < -0.4 is 10.9 Å². The van der Waals surface area contributed by atoms with E-state index >= 15 is 0 Å². The van der Waals surface area contributed by atoms with Crippen molar-refractivity contribution in [1.29, 1.82) is 0 Å². The quantitative estimate of drug-likeness (QED) is 0.0876. The van der Waals surface area contributed by atoms with Crippen molar-refractivity contribution >= 4 is 29.3 Å². The van der Waals surface area contributed by atoms with Gasteiger partial charge < -0.3 is 29.9 Å². The molecule has 1 aliphatic heterocycles. The normalized spacial score (nSPS) is 13.1. The minimum atomic E-state index is -1.35. The molecule has 0 unspecified atom stereocenters. The summed E-state index contributed by atoms with van der Waals surface area (Å²) in [5, 5.41) is 6.29. The van der Waals surface area contributed by atoms with E-state index in [0.717, 1.165) is 23.0 Å². The van der Waals surface area contributed by atoms with Crippen molar-refractivity contribution in [1.82, 2.24) is 24.8 Å². The average molecular weight is 606 g/mol. The number of benzene rings is 2. The summed E-state index contributed by atoms with van der Waals surface area (Å²) in [6.07, 6.45) is -0.137. The van der Waals surface area contributed by atoms with Crippen LogP contribution in [-0.4, -0.2) is 56.7 Å². The smallest absolute Gasteiger partial charge is 0.261 e. The summed E-state index contributed by atoms with van der Waals surface area (Å²) >= 11 is 0. The molecule has 44 heavy (non-hydrogen) atoms. The molecule has 3 N–H and O–H groups in total. The number of H-pyrrole nitrogens is 2. The Hall–Kier alpha value is -5.33. The topological polar surface area (TPSA) is 119 Å². The lowest BCUT2D eigenvalue weighted by Crippen LogP contribution is -2.33. The molecule has 0 saturated carbocycles. The number of allylic oxidation sites excluding steroid dienone is 2. The molecule has 10 nitrogen and oxygen atoms in total. The summed E-state index contributed by atoms with van der Waals surface area (Å²) in [6.45, 7) is 16.4. The second-order valence-corrected chi connectivity index (χ2v) is 10.5. The third-order valence-corrected chi connectivity index (χ3v) is 7.29. The zero-order valence-corrected chi connectivity index (χ0v) is 24.1. The van der Waals surface area contributed by atoms with Gasteiger partial charge in [-0.05, 0) is 49.2 Å². The molecule has 13 heteroatoms. The van der Waals surface area contributed by atoms with Crippen LogP contribution in [0.1, 0.15) is 35.3 Å². The van der Waals surface area contributed by atoms with Crippen molar-refractivity contribution in [2.24, 2.45) is 5.16 Å². The molecule has 0 aliphatic carbocycles. The molecule has 0 radical (unpaired) electrons. The maximum Gasteiger partial charge on any atom is 0.261 e. The number of nitrogens with zero attached hydrogens (tertiary/aromatic N) is 4. The van der Waals surface area contributed by atoms with Crippen molar-refractivity contribution in [2.75, 3.05) is 18.4 Å². The number of anilines is 1. The van der Waals surface area contributed by atoms with E-state index in [1.807, 2.05) is 24.8 Å². The lowest BCUT2D eigenvalue weighted by molar-refractivity contribution is 0.0769. The molecular formula is C31H30F3N7O3. The van der Waals surface area contributed by atoms with E-state index in [9.17, 15) is 22.8 Å². The fourth-order valence-electron chi connectivity index (χ4n) is 5.28. The number of fused-ring (bicyclic) bond motifs is 2. The molecule has 0 bridgehead atoms. The van der Waals surface area contributed by atoms with Gasteiger partial charge in [-0.3, -0.25) is 9.59 Å². The van der Waals surface area contributed by atoms with Crippen LogP contribution in [0.2, 0.25) is 0 Å². The van der Waals surface area contributed by atoms with Gasteiger partial charge in [-0.15, -0.1) is 5.16 Å². The van der Waals surface area contributed by atoms with Gasteiger partial charge in [-0.1, -0.05) is 13.2 Å². The van der Waals surface area contributed by atoms with E-state index in [2.05, 4.69) is 45.3 Å². The molecule has 5 rings (SSSR count). The number of halogens is 3. The van der Waals surface area contributed by atoms with Crippen LogP contribution in [0.15, 0.2) is 71.0 Å². The van der Waals surface area contributed by atoms with Crippen LogP contribution in [0, 0.1) is 17.5 Å². The molecule has 228 valence electrons. The fourth-order valence-corrected chi connectivity index (χ4v) is 5.28. The highest BCUT2D eigenvalue weighted by molar-refractivity contribution is 6.02. The standard InChI is InChI=1S/C31H30F3N7O3/c1-16(2)41(17(3)4)9-8-40-15-19-11-24-25(14-21(19)31(40)43)39-29(38-24)27-23(6-7-36-30(27)42)37-26(44-35-5)12-18-10-20(32)13-22(33)28(18)34/h6-7,10-11,13-14,26H,1,3,5,8-9,12,15H2,2,4H3,(H,38,39)(H2,36,37,42)/t26-/m0/s1. The number of aromatic amines is 2. The Morgan fingerprint density at radius 3 is 2.64 bits per heavy atom. The number of rotatable bonds is 12. The number of carbonyl (C=O) groups is 1. The first-order valence-corrected chi connectivity index (χ1v) is 13.6. The van der Waals surface area contributed by atoms with E-state index in [0.29, 0.717) is 42.3 Å². The van der Waals surface area contributed by atoms with Gasteiger partial charge in [0.25, 0.3) is 11.5 Å². The van der Waals surface area contributed by atoms with Gasteiger partial charge in [0.15, 0.2) is 11.6 Å². The Labute approximate surface area is 250 Å². The fraction of sp³-hybridized carbons (Fsp3) is 0.226. The van der Waals surface area contributed by atoms with E-state index in [4.69, 9.17) is 4.84 Å². The first kappa shape index (κ1) is 30.1. The molecule has 3 heterocycles. The summed E-state index contributed by atoms with van der Waals surface area (Å²) < 4.78 is 41.9. The number of oxime groups is 1. The van der Waals surface area contributed by atoms with Gasteiger partial charge in [-0.2, -0.15) is 0 Å². The number of pyridine rings is 1. The summed E-state index contributed by atoms with van der Waals surface area (Å²) in [4.78, 5) is 45.5. The molecule has 0 spiro atoms. The molecule has 4 aromatic rings. The molecular weight excluding hydrogens is 575 g/mol. The molecule has 2 aromatic heterocycles. The van der Waals surface area contributed by atoms with Crippen LogP contribution in [0.25, 0.3) is 22.4 Å². The monoisotopic (exact) mass is 605 g/mol. The molecule has 1 aliphatic rings. The Kier molecular flexibility index (Phi) is 8.30. The van der Waals surface area contributed by atoms with Crippen molar-refractivity contribution in [3.05, 3.63) is 106 Å². The second-order valence-electron chi connectivity index (χ2n) is 10.5. The SMILES string of the molecule is C=NO[C@@H](Cc1cc(F)cc(F)c1F)Nc1cc[nH]c(=O)c1-c1nc2cc3c(cc2[nH]1)CN(CCN(C(=C)C)C(=C)C)C3=O. The van der Waals surface area contributed by atoms with Gasteiger partial charge >= 0.3 is 0 Å². The molecule has 2 aromatic carbocycles. The zero-order valence-electron chi connectivity index (χ0n) is 24.1. The largest absolute Gasteiger partial charge is 0.371 e. The van der Waals surface area contributed by atoms with Crippen molar-refractivity contribution < 1.29 is 22.8 Å². The van der Waals surface area contributed by atoms with Crippen LogP contribution in [-0.2, 0) is 17.8 Å². The number of hydrogen-bond acceptors (Lipinski definition) is 7. The highest BCUT2D eigenvalue weighted by Gasteiger charge is 2.29. The van der Waals surface area contributed by atoms with E-state index in [1.165, 1.54) is 12.3 Å². The third-order valence-electron chi connectivity index (χ3n) is 7.29. The number of nitrogens with one attached hydrogen (secondary N) is 3. The van der Waals surface area contributed by atoms with Crippen molar-refractivity contribution in [3.63, 3.8) is 0 Å². The number of amides is 1. The van der Waals surface area contributed by atoms with E-state index in [-0.39, 0.29) is 35.0 Å². The summed E-state index contributed by atoms with van der Waals surface area (Å²) in [7, 11) is 0. The van der Waals surface area contributed by atoms with Crippen LogP contribution in [0.5, 0.6) is 0 Å². The molecule has 0 saturated heterocycles. The number of hydrogen-bond donors (Lipinski definition) is 3. The average Bonchev–Trinajstić information content (AvgIpc) is 3.49. The Morgan fingerprint density at radius 1 is 1.18 bits per heavy atom. The number of carbonyl (C=O) groups excluding carboxylic acids is 1. The maximum absolute atomic E-state index is 14.4. The molecule has 1 atom stereocenters. The minimum Gasteiger partial charge on any atom is -0.371 e. The summed E-state index contributed by atoms with van der Waals surface area (Å²) in [5.41, 5.74) is 3.55. The highest BCUT2D eigenvalue weighted by atomic mass is 19.2. The van der Waals surface area contributed by atoms with Crippen LogP contribution in [0.3, 0.4) is 0 Å². The molecule has 0 fully saturated rings. The lowest BCUT2D eigenvalue weighted by Gasteiger charge is -2.27. The van der Waals surface area contributed by atoms with Crippen LogP contribution >= 0.6 is 0 Å². The first-order chi connectivity index (χ1) is 21.0.